The van der Waals surface area contributed by atoms with Crippen LogP contribution in [0.3, 0.4) is 0 Å². The Morgan fingerprint density at radius 3 is 1.91 bits per heavy atom. The number of halogens is 2. The second-order valence-corrected chi connectivity index (χ2v) is 8.73. The van der Waals surface area contributed by atoms with Crippen molar-refractivity contribution < 1.29 is 23.2 Å². The first-order chi connectivity index (χ1) is 16.4. The molecule has 0 atom stereocenters. The van der Waals surface area contributed by atoms with E-state index >= 15 is 0 Å². The lowest BCUT2D eigenvalue weighted by Gasteiger charge is -2.38. The van der Waals surface area contributed by atoms with Gasteiger partial charge < -0.3 is 15.1 Å². The minimum atomic E-state index is -0.380. The van der Waals surface area contributed by atoms with Gasteiger partial charge in [0.25, 0.3) is 5.91 Å². The van der Waals surface area contributed by atoms with Gasteiger partial charge in [-0.1, -0.05) is 0 Å². The highest BCUT2D eigenvalue weighted by molar-refractivity contribution is 5.94. The quantitative estimate of drug-likeness (QED) is 0.729. The highest BCUT2D eigenvalue weighted by Crippen LogP contribution is 2.22. The van der Waals surface area contributed by atoms with E-state index in [-0.39, 0.29) is 41.8 Å². The molecule has 0 unspecified atom stereocenters. The topological polar surface area (TPSA) is 73.0 Å². The molecular formula is C25H28F2N4O3. The Bertz CT molecular complexity index is 1010. The van der Waals surface area contributed by atoms with Crippen molar-refractivity contribution in [1.29, 1.82) is 0 Å². The summed E-state index contributed by atoms with van der Waals surface area (Å²) in [5.41, 5.74) is 0.996. The molecule has 2 aliphatic rings. The van der Waals surface area contributed by atoms with Crippen LogP contribution in [0.5, 0.6) is 0 Å². The first kappa shape index (κ1) is 23.8. The predicted octanol–water partition coefficient (Wildman–Crippen LogP) is 2.60. The van der Waals surface area contributed by atoms with Crippen LogP contribution in [-0.4, -0.2) is 78.2 Å². The summed E-state index contributed by atoms with van der Waals surface area (Å²) in [4.78, 5) is 43.4. The molecule has 0 saturated carbocycles. The largest absolute Gasteiger partial charge is 0.340 e. The summed E-state index contributed by atoms with van der Waals surface area (Å²) in [5, 5.41) is 2.75. The Morgan fingerprint density at radius 1 is 0.765 bits per heavy atom. The third kappa shape index (κ3) is 5.96. The van der Waals surface area contributed by atoms with Gasteiger partial charge in [-0.05, 0) is 61.4 Å². The zero-order valence-electron chi connectivity index (χ0n) is 18.9. The van der Waals surface area contributed by atoms with Crippen molar-refractivity contribution >= 4 is 23.4 Å². The number of nitrogens with one attached hydrogen (secondary N) is 1. The van der Waals surface area contributed by atoms with Gasteiger partial charge in [-0.2, -0.15) is 0 Å². The molecule has 2 fully saturated rings. The first-order valence-corrected chi connectivity index (χ1v) is 11.5. The van der Waals surface area contributed by atoms with Crippen molar-refractivity contribution in [2.75, 3.05) is 51.1 Å². The maximum atomic E-state index is 13.1. The van der Waals surface area contributed by atoms with Crippen LogP contribution in [0.1, 0.15) is 23.2 Å². The molecule has 4 rings (SSSR count). The third-order valence-electron chi connectivity index (χ3n) is 6.40. The zero-order chi connectivity index (χ0) is 24.1. The predicted molar refractivity (Wildman–Crippen MR) is 123 cm³/mol. The fourth-order valence-corrected chi connectivity index (χ4v) is 4.43. The van der Waals surface area contributed by atoms with E-state index in [1.54, 1.807) is 4.90 Å². The van der Waals surface area contributed by atoms with Crippen LogP contribution in [0.25, 0.3) is 0 Å². The van der Waals surface area contributed by atoms with Crippen molar-refractivity contribution in [3.63, 3.8) is 0 Å². The molecule has 2 aromatic rings. The number of rotatable bonds is 5. The first-order valence-electron chi connectivity index (χ1n) is 11.5. The maximum absolute atomic E-state index is 13.1. The molecule has 180 valence electrons. The van der Waals surface area contributed by atoms with E-state index in [0.29, 0.717) is 63.4 Å². The molecule has 9 heteroatoms. The Balaban J connectivity index is 1.19. The smallest absolute Gasteiger partial charge is 0.253 e. The molecule has 0 aliphatic carbocycles. The van der Waals surface area contributed by atoms with Gasteiger partial charge in [-0.25, -0.2) is 8.78 Å². The second-order valence-electron chi connectivity index (χ2n) is 8.73. The molecule has 7 nitrogen and oxygen atoms in total. The highest BCUT2D eigenvalue weighted by Gasteiger charge is 2.32. The van der Waals surface area contributed by atoms with Crippen LogP contribution >= 0.6 is 0 Å². The number of anilines is 1. The Hall–Kier alpha value is -3.33. The van der Waals surface area contributed by atoms with Crippen LogP contribution in [-0.2, 0) is 9.59 Å². The molecule has 0 radical (unpaired) electrons. The molecular weight excluding hydrogens is 442 g/mol. The standard InChI is InChI=1S/C25H28F2N4O3/c26-20-3-1-18(2-4-20)24(33)30-11-9-19(10-12-30)25(34)31-15-13-29(14-16-31)17-23(32)28-22-7-5-21(27)6-8-22/h1-8,19H,9-17H2,(H,28,32). The van der Waals surface area contributed by atoms with E-state index in [1.165, 1.54) is 48.5 Å². The fourth-order valence-electron chi connectivity index (χ4n) is 4.43. The number of piperazine rings is 1. The number of hydrogen-bond acceptors (Lipinski definition) is 4. The molecule has 0 spiro atoms. The van der Waals surface area contributed by atoms with Gasteiger partial charge in [-0.15, -0.1) is 0 Å². The molecule has 34 heavy (non-hydrogen) atoms. The number of amides is 3. The van der Waals surface area contributed by atoms with E-state index in [1.807, 2.05) is 9.80 Å². The molecule has 1 N–H and O–H groups in total. The number of carbonyl (C=O) groups excluding carboxylic acids is 3. The highest BCUT2D eigenvalue weighted by atomic mass is 19.1. The molecule has 2 heterocycles. The van der Waals surface area contributed by atoms with Gasteiger partial charge in [-0.3, -0.25) is 19.3 Å². The summed E-state index contributed by atoms with van der Waals surface area (Å²) < 4.78 is 26.1. The van der Waals surface area contributed by atoms with E-state index in [9.17, 15) is 23.2 Å². The molecule has 0 aromatic heterocycles. The SMILES string of the molecule is O=C(CN1CCN(C(=O)C2CCN(C(=O)c3ccc(F)cc3)CC2)CC1)Nc1ccc(F)cc1. The van der Waals surface area contributed by atoms with E-state index in [2.05, 4.69) is 5.32 Å². The van der Waals surface area contributed by atoms with Gasteiger partial charge in [0.15, 0.2) is 0 Å². The van der Waals surface area contributed by atoms with Crippen LogP contribution in [0.2, 0.25) is 0 Å². The van der Waals surface area contributed by atoms with Crippen LogP contribution in [0, 0.1) is 17.6 Å². The van der Waals surface area contributed by atoms with Crippen LogP contribution in [0.15, 0.2) is 48.5 Å². The molecule has 2 saturated heterocycles. The van der Waals surface area contributed by atoms with Crippen molar-refractivity contribution in [2.45, 2.75) is 12.8 Å². The van der Waals surface area contributed by atoms with Crippen molar-refractivity contribution in [1.82, 2.24) is 14.7 Å². The van der Waals surface area contributed by atoms with Gasteiger partial charge in [0.2, 0.25) is 11.8 Å². The summed E-state index contributed by atoms with van der Waals surface area (Å²) in [5.74, 6) is -1.07. The van der Waals surface area contributed by atoms with E-state index < -0.39 is 0 Å². The van der Waals surface area contributed by atoms with Crippen molar-refractivity contribution in [3.8, 4) is 0 Å². The molecule has 2 aliphatic heterocycles. The van der Waals surface area contributed by atoms with Crippen molar-refractivity contribution in [3.05, 3.63) is 65.7 Å². The van der Waals surface area contributed by atoms with Crippen LogP contribution in [0.4, 0.5) is 14.5 Å². The number of benzene rings is 2. The number of piperidine rings is 1. The molecule has 0 bridgehead atoms. The number of nitrogens with zero attached hydrogens (tertiary/aromatic N) is 3. The summed E-state index contributed by atoms with van der Waals surface area (Å²) in [6.45, 7) is 3.51. The summed E-state index contributed by atoms with van der Waals surface area (Å²) in [7, 11) is 0. The van der Waals surface area contributed by atoms with Gasteiger partial charge in [0.05, 0.1) is 6.54 Å². The number of carbonyl (C=O) groups is 3. The lowest BCUT2D eigenvalue weighted by Crippen LogP contribution is -2.53. The van der Waals surface area contributed by atoms with E-state index in [0.717, 1.165) is 0 Å². The third-order valence-corrected chi connectivity index (χ3v) is 6.40. The maximum Gasteiger partial charge on any atom is 0.253 e. The molecule has 3 amide bonds. The average Bonchev–Trinajstić information content (AvgIpc) is 2.85. The van der Waals surface area contributed by atoms with Crippen molar-refractivity contribution in [2.24, 2.45) is 5.92 Å². The number of likely N-dealkylation sites (tertiary alicyclic amines) is 1. The second kappa shape index (κ2) is 10.7. The van der Waals surface area contributed by atoms with Gasteiger partial charge in [0.1, 0.15) is 11.6 Å². The average molecular weight is 471 g/mol. The Kier molecular flexibility index (Phi) is 7.52. The fraction of sp³-hybridized carbons (Fsp3) is 0.400. The summed E-state index contributed by atoms with van der Waals surface area (Å²) in [6.07, 6.45) is 1.21. The van der Waals surface area contributed by atoms with E-state index in [4.69, 9.17) is 0 Å². The lowest BCUT2D eigenvalue weighted by atomic mass is 9.94. The normalized spacial score (nSPS) is 17.5. The minimum Gasteiger partial charge on any atom is -0.340 e. The zero-order valence-corrected chi connectivity index (χ0v) is 18.9. The number of hydrogen-bond donors (Lipinski definition) is 1. The van der Waals surface area contributed by atoms with Gasteiger partial charge >= 0.3 is 0 Å². The molecule has 2 aromatic carbocycles. The van der Waals surface area contributed by atoms with Crippen LogP contribution < -0.4 is 5.32 Å². The Labute approximate surface area is 197 Å². The lowest BCUT2D eigenvalue weighted by molar-refractivity contribution is -0.138. The monoisotopic (exact) mass is 470 g/mol. The van der Waals surface area contributed by atoms with Gasteiger partial charge in [0, 0.05) is 56.4 Å². The Morgan fingerprint density at radius 2 is 1.32 bits per heavy atom. The minimum absolute atomic E-state index is 0.101. The summed E-state index contributed by atoms with van der Waals surface area (Å²) in [6, 6.07) is 11.1. The summed E-state index contributed by atoms with van der Waals surface area (Å²) >= 11 is 0.